The Morgan fingerprint density at radius 2 is 2.05 bits per heavy atom. The number of benzene rings is 1. The van der Waals surface area contributed by atoms with Crippen LogP contribution in [0.25, 0.3) is 0 Å². The highest BCUT2D eigenvalue weighted by atomic mass is 35.5. The summed E-state index contributed by atoms with van der Waals surface area (Å²) in [5.74, 6) is 1.13. The van der Waals surface area contributed by atoms with Crippen molar-refractivity contribution in [2.45, 2.75) is 32.4 Å². The van der Waals surface area contributed by atoms with Crippen LogP contribution in [0.5, 0.6) is 5.75 Å². The maximum absolute atomic E-state index is 12.6. The van der Waals surface area contributed by atoms with E-state index in [9.17, 15) is 8.42 Å². The van der Waals surface area contributed by atoms with Crippen LogP contribution in [0.3, 0.4) is 0 Å². The van der Waals surface area contributed by atoms with Gasteiger partial charge in [0.1, 0.15) is 5.75 Å². The van der Waals surface area contributed by atoms with Gasteiger partial charge in [0.2, 0.25) is 10.0 Å². The van der Waals surface area contributed by atoms with Gasteiger partial charge in [-0.1, -0.05) is 25.1 Å². The van der Waals surface area contributed by atoms with Gasteiger partial charge in [0, 0.05) is 24.0 Å². The van der Waals surface area contributed by atoms with E-state index in [-0.39, 0.29) is 17.7 Å². The van der Waals surface area contributed by atoms with Gasteiger partial charge in [0.05, 0.1) is 12.9 Å². The van der Waals surface area contributed by atoms with Crippen LogP contribution in [0.4, 0.5) is 0 Å². The summed E-state index contributed by atoms with van der Waals surface area (Å²) in [5, 5.41) is 0. The Labute approximate surface area is 132 Å². The molecular weight excluding hydrogens is 310 g/mol. The van der Waals surface area contributed by atoms with Gasteiger partial charge in [0.15, 0.2) is 0 Å². The van der Waals surface area contributed by atoms with Crippen molar-refractivity contribution in [1.82, 2.24) is 4.31 Å². The van der Waals surface area contributed by atoms with E-state index in [2.05, 4.69) is 0 Å². The summed E-state index contributed by atoms with van der Waals surface area (Å²) in [6.07, 6.45) is 1.87. The molecule has 1 fully saturated rings. The number of hydrogen-bond acceptors (Lipinski definition) is 3. The number of rotatable bonds is 8. The van der Waals surface area contributed by atoms with Crippen LogP contribution in [0, 0.1) is 5.92 Å². The third kappa shape index (κ3) is 4.34. The lowest BCUT2D eigenvalue weighted by Gasteiger charge is -2.24. The molecule has 0 spiro atoms. The molecule has 1 aliphatic rings. The predicted molar refractivity (Wildman–Crippen MR) is 85.2 cm³/mol. The number of hydrogen-bond donors (Lipinski definition) is 0. The van der Waals surface area contributed by atoms with E-state index < -0.39 is 10.0 Å². The third-order valence-electron chi connectivity index (χ3n) is 3.59. The molecule has 0 aromatic heterocycles. The van der Waals surface area contributed by atoms with Gasteiger partial charge in [-0.15, -0.1) is 11.6 Å². The molecule has 0 N–H and O–H groups in total. The first-order valence-electron chi connectivity index (χ1n) is 7.15. The molecule has 1 unspecified atom stereocenters. The molecule has 21 heavy (non-hydrogen) atoms. The molecule has 1 aliphatic carbocycles. The molecule has 1 saturated carbocycles. The summed E-state index contributed by atoms with van der Waals surface area (Å²) in [5.41, 5.74) is 0.897. The van der Waals surface area contributed by atoms with Crippen molar-refractivity contribution in [3.63, 3.8) is 0 Å². The van der Waals surface area contributed by atoms with E-state index >= 15 is 0 Å². The summed E-state index contributed by atoms with van der Waals surface area (Å²) < 4.78 is 32.2. The van der Waals surface area contributed by atoms with Crippen molar-refractivity contribution >= 4 is 21.6 Å². The van der Waals surface area contributed by atoms with Crippen LogP contribution >= 0.6 is 11.6 Å². The molecule has 0 radical (unpaired) electrons. The van der Waals surface area contributed by atoms with Gasteiger partial charge in [-0.25, -0.2) is 8.42 Å². The molecule has 2 rings (SSSR count). The van der Waals surface area contributed by atoms with Crippen molar-refractivity contribution in [2.75, 3.05) is 18.7 Å². The van der Waals surface area contributed by atoms with E-state index in [0.29, 0.717) is 12.4 Å². The highest BCUT2D eigenvalue weighted by Crippen LogP contribution is 2.33. The lowest BCUT2D eigenvalue weighted by atomic mass is 10.2. The van der Waals surface area contributed by atoms with Crippen LogP contribution in [0.15, 0.2) is 24.3 Å². The maximum atomic E-state index is 12.6. The zero-order valence-corrected chi connectivity index (χ0v) is 14.0. The largest absolute Gasteiger partial charge is 0.496 e. The lowest BCUT2D eigenvalue weighted by molar-refractivity contribution is 0.372. The molecule has 1 aromatic rings. The average molecular weight is 332 g/mol. The molecule has 0 bridgehead atoms. The SMILES string of the molecule is COc1ccccc1CN(C1CC1)S(=O)(=O)CC(C)CCl. The van der Waals surface area contributed by atoms with Crippen molar-refractivity contribution in [3.8, 4) is 5.75 Å². The molecule has 6 heteroatoms. The van der Waals surface area contributed by atoms with E-state index in [0.717, 1.165) is 24.2 Å². The average Bonchev–Trinajstić information content (AvgIpc) is 3.28. The molecule has 0 amide bonds. The molecule has 0 aliphatic heterocycles. The topological polar surface area (TPSA) is 46.6 Å². The molecule has 0 heterocycles. The van der Waals surface area contributed by atoms with E-state index in [1.807, 2.05) is 31.2 Å². The second-order valence-electron chi connectivity index (χ2n) is 5.63. The van der Waals surface area contributed by atoms with Crippen LogP contribution in [0.1, 0.15) is 25.3 Å². The standard InChI is InChI=1S/C15H22ClNO3S/c1-12(9-16)11-21(18,19)17(14-7-8-14)10-13-5-3-4-6-15(13)20-2/h3-6,12,14H,7-11H2,1-2H3. The summed E-state index contributed by atoms with van der Waals surface area (Å²) >= 11 is 5.76. The minimum absolute atomic E-state index is 0.0458. The van der Waals surface area contributed by atoms with Crippen LogP contribution in [0.2, 0.25) is 0 Å². The Hall–Kier alpha value is -0.780. The highest BCUT2D eigenvalue weighted by Gasteiger charge is 2.37. The highest BCUT2D eigenvalue weighted by molar-refractivity contribution is 7.89. The van der Waals surface area contributed by atoms with Crippen molar-refractivity contribution < 1.29 is 13.2 Å². The number of halogens is 1. The number of sulfonamides is 1. The first-order valence-corrected chi connectivity index (χ1v) is 9.29. The first kappa shape index (κ1) is 16.6. The van der Waals surface area contributed by atoms with E-state index in [1.54, 1.807) is 11.4 Å². The summed E-state index contributed by atoms with van der Waals surface area (Å²) in [4.78, 5) is 0. The Morgan fingerprint density at radius 3 is 2.62 bits per heavy atom. The van der Waals surface area contributed by atoms with Gasteiger partial charge >= 0.3 is 0 Å². The third-order valence-corrected chi connectivity index (χ3v) is 6.25. The Kier molecular flexibility index (Phi) is 5.52. The predicted octanol–water partition coefficient (Wildman–Crippen LogP) is 2.86. The Balaban J connectivity index is 2.20. The summed E-state index contributed by atoms with van der Waals surface area (Å²) in [7, 11) is -1.70. The van der Waals surface area contributed by atoms with Gasteiger partial charge in [0.25, 0.3) is 0 Å². The number of ether oxygens (including phenoxy) is 1. The van der Waals surface area contributed by atoms with E-state index in [4.69, 9.17) is 16.3 Å². The maximum Gasteiger partial charge on any atom is 0.214 e. The number of methoxy groups -OCH3 is 1. The molecule has 4 nitrogen and oxygen atoms in total. The monoisotopic (exact) mass is 331 g/mol. The number of nitrogens with zero attached hydrogens (tertiary/aromatic N) is 1. The Bertz CT molecular complexity index is 572. The van der Waals surface area contributed by atoms with Gasteiger partial charge in [-0.2, -0.15) is 4.31 Å². The van der Waals surface area contributed by atoms with Crippen LogP contribution in [-0.4, -0.2) is 37.5 Å². The van der Waals surface area contributed by atoms with Crippen molar-refractivity contribution in [1.29, 1.82) is 0 Å². The second-order valence-corrected chi connectivity index (χ2v) is 7.90. The minimum Gasteiger partial charge on any atom is -0.496 e. The lowest BCUT2D eigenvalue weighted by Crippen LogP contribution is -2.36. The normalized spacial score (nSPS) is 17.0. The van der Waals surface area contributed by atoms with Gasteiger partial charge < -0.3 is 4.74 Å². The molecule has 1 aromatic carbocycles. The zero-order valence-electron chi connectivity index (χ0n) is 12.5. The van der Waals surface area contributed by atoms with Crippen molar-refractivity contribution in [3.05, 3.63) is 29.8 Å². The molecular formula is C15H22ClNO3S. The van der Waals surface area contributed by atoms with E-state index in [1.165, 1.54) is 0 Å². The van der Waals surface area contributed by atoms with Gasteiger partial charge in [-0.05, 0) is 24.8 Å². The number of para-hydroxylation sites is 1. The Morgan fingerprint density at radius 1 is 1.38 bits per heavy atom. The zero-order chi connectivity index (χ0) is 15.5. The first-order chi connectivity index (χ1) is 9.97. The summed E-state index contributed by atoms with van der Waals surface area (Å²) in [6, 6.07) is 7.68. The van der Waals surface area contributed by atoms with Crippen molar-refractivity contribution in [2.24, 2.45) is 5.92 Å². The molecule has 118 valence electrons. The fourth-order valence-corrected chi connectivity index (χ4v) is 4.59. The minimum atomic E-state index is -3.30. The fourth-order valence-electron chi connectivity index (χ4n) is 2.32. The fraction of sp³-hybridized carbons (Fsp3) is 0.600. The second kappa shape index (κ2) is 6.99. The molecule has 1 atom stereocenters. The smallest absolute Gasteiger partial charge is 0.214 e. The number of alkyl halides is 1. The quantitative estimate of drug-likeness (QED) is 0.688. The van der Waals surface area contributed by atoms with Crippen LogP contribution in [-0.2, 0) is 16.6 Å². The molecule has 0 saturated heterocycles. The summed E-state index contributed by atoms with van der Waals surface area (Å²) in [6.45, 7) is 2.23. The van der Waals surface area contributed by atoms with Gasteiger partial charge in [-0.3, -0.25) is 0 Å². The van der Waals surface area contributed by atoms with Crippen LogP contribution < -0.4 is 4.74 Å².